The summed E-state index contributed by atoms with van der Waals surface area (Å²) in [5, 5.41) is 3.92. The molecular formula is C29H32Cl3N3O4S. The van der Waals surface area contributed by atoms with Crippen molar-refractivity contribution in [3.63, 3.8) is 0 Å². The average molecular weight is 625 g/mol. The number of nitrogens with one attached hydrogen (secondary N) is 1. The molecule has 0 aliphatic rings. The Morgan fingerprint density at radius 2 is 1.60 bits per heavy atom. The Morgan fingerprint density at radius 3 is 2.23 bits per heavy atom. The van der Waals surface area contributed by atoms with Crippen molar-refractivity contribution < 1.29 is 18.0 Å². The van der Waals surface area contributed by atoms with Crippen LogP contribution < -0.4 is 9.62 Å². The fourth-order valence-corrected chi connectivity index (χ4v) is 5.61. The number of carbonyl (C=O) groups is 2. The lowest BCUT2D eigenvalue weighted by molar-refractivity contribution is -0.140. The van der Waals surface area contributed by atoms with Crippen molar-refractivity contribution >= 4 is 62.3 Å². The van der Waals surface area contributed by atoms with Crippen LogP contribution in [0.5, 0.6) is 0 Å². The number of amides is 2. The number of hydrogen-bond acceptors (Lipinski definition) is 4. The van der Waals surface area contributed by atoms with Crippen LogP contribution in [0.1, 0.15) is 30.0 Å². The maximum Gasteiger partial charge on any atom is 0.244 e. The van der Waals surface area contributed by atoms with Crippen LogP contribution in [0.4, 0.5) is 5.69 Å². The van der Waals surface area contributed by atoms with E-state index in [2.05, 4.69) is 5.32 Å². The molecule has 0 spiro atoms. The van der Waals surface area contributed by atoms with Crippen molar-refractivity contribution in [2.75, 3.05) is 23.7 Å². The van der Waals surface area contributed by atoms with E-state index in [9.17, 15) is 18.0 Å². The van der Waals surface area contributed by atoms with Gasteiger partial charge in [-0.3, -0.25) is 13.9 Å². The minimum absolute atomic E-state index is 0.00109. The molecule has 3 aromatic carbocycles. The van der Waals surface area contributed by atoms with Gasteiger partial charge in [-0.1, -0.05) is 84.2 Å². The van der Waals surface area contributed by atoms with Crippen LogP contribution in [-0.2, 0) is 32.6 Å². The molecule has 0 unspecified atom stereocenters. The summed E-state index contributed by atoms with van der Waals surface area (Å²) in [6.45, 7) is 3.51. The molecule has 0 saturated carbocycles. The maximum absolute atomic E-state index is 14.1. The Bertz CT molecular complexity index is 1450. The molecule has 7 nitrogen and oxygen atoms in total. The summed E-state index contributed by atoms with van der Waals surface area (Å²) in [7, 11) is -3.90. The molecule has 2 amide bonds. The predicted molar refractivity (Wildman–Crippen MR) is 163 cm³/mol. The van der Waals surface area contributed by atoms with Crippen LogP contribution in [0, 0.1) is 6.92 Å². The monoisotopic (exact) mass is 623 g/mol. The van der Waals surface area contributed by atoms with Gasteiger partial charge in [-0.25, -0.2) is 8.42 Å². The molecule has 0 heterocycles. The van der Waals surface area contributed by atoms with E-state index in [-0.39, 0.29) is 24.6 Å². The number of hydrogen-bond donors (Lipinski definition) is 1. The summed E-state index contributed by atoms with van der Waals surface area (Å²) in [6.07, 6.45) is 1.96. The van der Waals surface area contributed by atoms with E-state index in [1.165, 1.54) is 4.90 Å². The lowest BCUT2D eigenvalue weighted by Gasteiger charge is -2.34. The van der Waals surface area contributed by atoms with Crippen LogP contribution in [0.3, 0.4) is 0 Å². The molecule has 0 bridgehead atoms. The first-order chi connectivity index (χ1) is 18.9. The highest BCUT2D eigenvalue weighted by Crippen LogP contribution is 2.29. The summed E-state index contributed by atoms with van der Waals surface area (Å²) < 4.78 is 26.9. The molecule has 3 rings (SSSR count). The first kappa shape index (κ1) is 31.7. The fraction of sp³-hybridized carbons (Fsp3) is 0.310. The summed E-state index contributed by atoms with van der Waals surface area (Å²) >= 11 is 18.6. The van der Waals surface area contributed by atoms with Crippen LogP contribution in [0.15, 0.2) is 66.7 Å². The standard InChI is InChI=1S/C29H32Cl3N3O4S/c1-4-15-33-29(37)27(17-21-9-6-5-7-10-21)34(18-22-13-14-24(31)25(32)16-22)28(36)19-35(40(3,38)39)26-12-8-11-23(30)20(26)2/h5-14,16,27H,4,15,17-19H2,1-3H3,(H,33,37)/t27-/m0/s1. The minimum atomic E-state index is -3.90. The van der Waals surface area contributed by atoms with Gasteiger partial charge in [0.2, 0.25) is 21.8 Å². The Morgan fingerprint density at radius 1 is 0.900 bits per heavy atom. The predicted octanol–water partition coefficient (Wildman–Crippen LogP) is 5.89. The number of sulfonamides is 1. The second-order valence-electron chi connectivity index (χ2n) is 9.42. The van der Waals surface area contributed by atoms with Gasteiger partial charge in [0.05, 0.1) is 22.0 Å². The molecule has 3 aromatic rings. The van der Waals surface area contributed by atoms with Crippen LogP contribution in [0.25, 0.3) is 0 Å². The van der Waals surface area contributed by atoms with Gasteiger partial charge in [0.25, 0.3) is 0 Å². The first-order valence-electron chi connectivity index (χ1n) is 12.7. The zero-order chi connectivity index (χ0) is 29.4. The zero-order valence-corrected chi connectivity index (χ0v) is 25.6. The molecule has 0 aliphatic carbocycles. The van der Waals surface area contributed by atoms with Crippen molar-refractivity contribution in [3.8, 4) is 0 Å². The van der Waals surface area contributed by atoms with Gasteiger partial charge in [0, 0.05) is 24.5 Å². The molecular weight excluding hydrogens is 593 g/mol. The molecule has 0 aliphatic heterocycles. The number of benzene rings is 3. The van der Waals surface area contributed by atoms with E-state index < -0.39 is 28.5 Å². The van der Waals surface area contributed by atoms with Gasteiger partial charge in [-0.15, -0.1) is 0 Å². The molecule has 214 valence electrons. The van der Waals surface area contributed by atoms with E-state index in [0.29, 0.717) is 39.2 Å². The smallest absolute Gasteiger partial charge is 0.244 e. The van der Waals surface area contributed by atoms with Crippen molar-refractivity contribution in [1.82, 2.24) is 10.2 Å². The minimum Gasteiger partial charge on any atom is -0.354 e. The lowest BCUT2D eigenvalue weighted by Crippen LogP contribution is -2.53. The molecule has 1 atom stereocenters. The highest BCUT2D eigenvalue weighted by atomic mass is 35.5. The normalized spacial score (nSPS) is 12.1. The van der Waals surface area contributed by atoms with Gasteiger partial charge >= 0.3 is 0 Å². The molecule has 1 N–H and O–H groups in total. The topological polar surface area (TPSA) is 86.8 Å². The van der Waals surface area contributed by atoms with Crippen molar-refractivity contribution in [2.24, 2.45) is 0 Å². The van der Waals surface area contributed by atoms with Crippen molar-refractivity contribution in [1.29, 1.82) is 0 Å². The second-order valence-corrected chi connectivity index (χ2v) is 12.5. The fourth-order valence-electron chi connectivity index (χ4n) is 4.22. The maximum atomic E-state index is 14.1. The summed E-state index contributed by atoms with van der Waals surface area (Å²) in [4.78, 5) is 29.0. The van der Waals surface area contributed by atoms with E-state index in [1.54, 1.807) is 43.3 Å². The van der Waals surface area contributed by atoms with E-state index in [1.807, 2.05) is 37.3 Å². The SMILES string of the molecule is CCCNC(=O)[C@H](Cc1ccccc1)N(Cc1ccc(Cl)c(Cl)c1)C(=O)CN(c1cccc(Cl)c1C)S(C)(=O)=O. The Kier molecular flexibility index (Phi) is 11.3. The van der Waals surface area contributed by atoms with Crippen molar-refractivity contribution in [2.45, 2.75) is 39.3 Å². The van der Waals surface area contributed by atoms with E-state index >= 15 is 0 Å². The third-order valence-electron chi connectivity index (χ3n) is 6.34. The third kappa shape index (κ3) is 8.36. The molecule has 11 heteroatoms. The van der Waals surface area contributed by atoms with E-state index in [4.69, 9.17) is 34.8 Å². The zero-order valence-electron chi connectivity index (χ0n) is 22.5. The summed E-state index contributed by atoms with van der Waals surface area (Å²) in [5.74, 6) is -0.910. The number of anilines is 1. The van der Waals surface area contributed by atoms with Crippen LogP contribution in [0.2, 0.25) is 15.1 Å². The molecule has 0 fully saturated rings. The van der Waals surface area contributed by atoms with E-state index in [0.717, 1.165) is 16.1 Å². The Balaban J connectivity index is 2.09. The third-order valence-corrected chi connectivity index (χ3v) is 8.62. The molecule has 0 saturated heterocycles. The molecule has 0 aromatic heterocycles. The highest BCUT2D eigenvalue weighted by molar-refractivity contribution is 7.92. The van der Waals surface area contributed by atoms with Crippen LogP contribution in [-0.4, -0.2) is 50.5 Å². The van der Waals surface area contributed by atoms with Gasteiger partial charge in [0.15, 0.2) is 0 Å². The van der Waals surface area contributed by atoms with Gasteiger partial charge < -0.3 is 10.2 Å². The largest absolute Gasteiger partial charge is 0.354 e. The lowest BCUT2D eigenvalue weighted by atomic mass is 10.0. The summed E-state index contributed by atoms with van der Waals surface area (Å²) in [5.41, 5.74) is 2.28. The van der Waals surface area contributed by atoms with Gasteiger partial charge in [0.1, 0.15) is 12.6 Å². The molecule has 0 radical (unpaired) electrons. The van der Waals surface area contributed by atoms with Gasteiger partial charge in [-0.05, 0) is 54.3 Å². The van der Waals surface area contributed by atoms with Crippen LogP contribution >= 0.6 is 34.8 Å². The Labute approximate surface area is 251 Å². The van der Waals surface area contributed by atoms with Gasteiger partial charge in [-0.2, -0.15) is 0 Å². The quantitative estimate of drug-likeness (QED) is 0.272. The number of carbonyl (C=O) groups excluding carboxylic acids is 2. The second kappa shape index (κ2) is 14.2. The Hall–Kier alpha value is -2.78. The average Bonchev–Trinajstić information content (AvgIpc) is 2.91. The summed E-state index contributed by atoms with van der Waals surface area (Å²) in [6, 6.07) is 18.2. The number of halogens is 3. The number of rotatable bonds is 12. The molecule has 40 heavy (non-hydrogen) atoms. The highest BCUT2D eigenvalue weighted by Gasteiger charge is 2.33. The first-order valence-corrected chi connectivity index (χ1v) is 15.7. The van der Waals surface area contributed by atoms with Crippen molar-refractivity contribution in [3.05, 3.63) is 98.5 Å². The number of nitrogens with zero attached hydrogens (tertiary/aromatic N) is 2.